The number of aromatic nitrogens is 3. The molecule has 7 nitrogen and oxygen atoms in total. The van der Waals surface area contributed by atoms with Crippen molar-refractivity contribution in [3.05, 3.63) is 46.1 Å². The lowest BCUT2D eigenvalue weighted by atomic mass is 10.00. The predicted molar refractivity (Wildman–Crippen MR) is 123 cm³/mol. The molecule has 1 amide bonds. The van der Waals surface area contributed by atoms with Gasteiger partial charge in [0.05, 0.1) is 12.5 Å². The van der Waals surface area contributed by atoms with Gasteiger partial charge >= 0.3 is 0 Å². The summed E-state index contributed by atoms with van der Waals surface area (Å²) in [4.78, 5) is 21.9. The van der Waals surface area contributed by atoms with Crippen LogP contribution in [0, 0.1) is 13.8 Å². The summed E-state index contributed by atoms with van der Waals surface area (Å²) in [5.74, 6) is 0.765. The number of fused-ring (bicyclic) bond motifs is 1. The molecule has 1 aliphatic heterocycles. The second-order valence-electron chi connectivity index (χ2n) is 7.98. The Kier molecular flexibility index (Phi) is 6.05. The number of hydrogen-bond donors (Lipinski definition) is 0. The second kappa shape index (κ2) is 8.75. The number of pyridine rings is 1. The van der Waals surface area contributed by atoms with Crippen molar-refractivity contribution >= 4 is 34.2 Å². The molecule has 31 heavy (non-hydrogen) atoms. The molecule has 0 bridgehead atoms. The van der Waals surface area contributed by atoms with Gasteiger partial charge in [0.25, 0.3) is 0 Å². The summed E-state index contributed by atoms with van der Waals surface area (Å²) >= 11 is 5.99. The fraction of sp³-hybridized carbons (Fsp3) is 0.435. The largest absolute Gasteiger partial charge is 0.479 e. The van der Waals surface area contributed by atoms with E-state index in [1.807, 2.05) is 43.1 Å². The highest BCUT2D eigenvalue weighted by atomic mass is 35.5. The highest BCUT2D eigenvalue weighted by Crippen LogP contribution is 2.30. The number of amides is 1. The van der Waals surface area contributed by atoms with Crippen molar-refractivity contribution in [1.82, 2.24) is 19.7 Å². The smallest absolute Gasteiger partial charge is 0.242 e. The average Bonchev–Trinajstić information content (AvgIpc) is 3.09. The highest BCUT2D eigenvalue weighted by Gasteiger charge is 2.23. The number of carbonyl (C=O) groups excluding carboxylic acids is 1. The summed E-state index contributed by atoms with van der Waals surface area (Å²) < 4.78 is 7.18. The zero-order valence-corrected chi connectivity index (χ0v) is 19.2. The predicted octanol–water partition coefficient (Wildman–Crippen LogP) is 3.53. The van der Waals surface area contributed by atoms with Crippen molar-refractivity contribution in [3.63, 3.8) is 0 Å². The molecule has 2 aromatic heterocycles. The van der Waals surface area contributed by atoms with Gasteiger partial charge in [0.2, 0.25) is 11.8 Å². The first-order chi connectivity index (χ1) is 14.9. The van der Waals surface area contributed by atoms with E-state index >= 15 is 0 Å². The van der Waals surface area contributed by atoms with Gasteiger partial charge in [-0.3, -0.25) is 4.79 Å². The molecule has 4 rings (SSSR count). The Morgan fingerprint density at radius 2 is 1.81 bits per heavy atom. The van der Waals surface area contributed by atoms with Crippen molar-refractivity contribution in [3.8, 4) is 5.88 Å². The van der Waals surface area contributed by atoms with E-state index in [0.29, 0.717) is 18.7 Å². The SMILES string of the molecule is COc1nn(C)c2nc(C)c(CCC(=O)N3CCN(c4ccc(Cl)cc4)CC3)c(C)c12. The summed E-state index contributed by atoms with van der Waals surface area (Å²) in [7, 11) is 3.48. The average molecular weight is 442 g/mol. The third kappa shape index (κ3) is 4.19. The van der Waals surface area contributed by atoms with Crippen molar-refractivity contribution in [2.75, 3.05) is 38.2 Å². The zero-order valence-electron chi connectivity index (χ0n) is 18.5. The van der Waals surface area contributed by atoms with E-state index < -0.39 is 0 Å². The summed E-state index contributed by atoms with van der Waals surface area (Å²) in [5.41, 5.74) is 5.09. The molecule has 0 unspecified atom stereocenters. The molecule has 3 heterocycles. The van der Waals surface area contributed by atoms with Crippen LogP contribution in [-0.2, 0) is 18.3 Å². The number of halogens is 1. The number of aryl methyl sites for hydroxylation is 3. The Bertz CT molecular complexity index is 1100. The monoisotopic (exact) mass is 441 g/mol. The van der Waals surface area contributed by atoms with E-state index in [-0.39, 0.29) is 5.91 Å². The summed E-state index contributed by atoms with van der Waals surface area (Å²) in [6.45, 7) is 7.17. The molecule has 1 aromatic carbocycles. The lowest BCUT2D eigenvalue weighted by Gasteiger charge is -2.36. The molecule has 0 saturated carbocycles. The van der Waals surface area contributed by atoms with Gasteiger partial charge in [0, 0.05) is 56.1 Å². The molecule has 164 valence electrons. The topological polar surface area (TPSA) is 63.5 Å². The molecular formula is C23H28ClN5O2. The van der Waals surface area contributed by atoms with Crippen LogP contribution < -0.4 is 9.64 Å². The second-order valence-corrected chi connectivity index (χ2v) is 8.41. The number of nitrogens with zero attached hydrogens (tertiary/aromatic N) is 5. The zero-order chi connectivity index (χ0) is 22.1. The van der Waals surface area contributed by atoms with Crippen molar-refractivity contribution < 1.29 is 9.53 Å². The first kappa shape index (κ1) is 21.4. The fourth-order valence-electron chi connectivity index (χ4n) is 4.36. The molecule has 0 spiro atoms. The summed E-state index contributed by atoms with van der Waals surface area (Å²) in [6.07, 6.45) is 1.13. The van der Waals surface area contributed by atoms with Crippen LogP contribution in [0.5, 0.6) is 5.88 Å². The molecule has 0 N–H and O–H groups in total. The van der Waals surface area contributed by atoms with E-state index in [1.54, 1.807) is 11.8 Å². The van der Waals surface area contributed by atoms with E-state index in [9.17, 15) is 4.79 Å². The third-order valence-electron chi connectivity index (χ3n) is 6.13. The molecule has 1 fully saturated rings. The summed E-state index contributed by atoms with van der Waals surface area (Å²) in [5, 5.41) is 6.06. The quantitative estimate of drug-likeness (QED) is 0.606. The number of ether oxygens (including phenoxy) is 1. The van der Waals surface area contributed by atoms with Crippen molar-refractivity contribution in [2.45, 2.75) is 26.7 Å². The molecule has 3 aromatic rings. The van der Waals surface area contributed by atoms with Crippen molar-refractivity contribution in [1.29, 1.82) is 0 Å². The van der Waals surface area contributed by atoms with Crippen LogP contribution in [-0.4, -0.2) is 58.9 Å². The highest BCUT2D eigenvalue weighted by molar-refractivity contribution is 6.30. The molecule has 1 saturated heterocycles. The van der Waals surface area contributed by atoms with Gasteiger partial charge < -0.3 is 14.5 Å². The van der Waals surface area contributed by atoms with Crippen LogP contribution in [0.4, 0.5) is 5.69 Å². The molecule has 0 radical (unpaired) electrons. The lowest BCUT2D eigenvalue weighted by molar-refractivity contribution is -0.131. The Hall–Kier alpha value is -2.80. The minimum absolute atomic E-state index is 0.188. The molecule has 1 aliphatic rings. The van der Waals surface area contributed by atoms with Gasteiger partial charge in [-0.15, -0.1) is 5.10 Å². The first-order valence-corrected chi connectivity index (χ1v) is 10.9. The fourth-order valence-corrected chi connectivity index (χ4v) is 4.49. The van der Waals surface area contributed by atoms with Crippen LogP contribution >= 0.6 is 11.6 Å². The molecule has 0 atom stereocenters. The number of anilines is 1. The van der Waals surface area contributed by atoms with E-state index in [0.717, 1.165) is 64.7 Å². The Balaban J connectivity index is 1.41. The van der Waals surface area contributed by atoms with Gasteiger partial charge in [-0.1, -0.05) is 11.6 Å². The molecule has 0 aliphatic carbocycles. The first-order valence-electron chi connectivity index (χ1n) is 10.5. The van der Waals surface area contributed by atoms with Gasteiger partial charge in [-0.25, -0.2) is 9.67 Å². The van der Waals surface area contributed by atoms with Crippen LogP contribution in [0.15, 0.2) is 24.3 Å². The number of methoxy groups -OCH3 is 1. The summed E-state index contributed by atoms with van der Waals surface area (Å²) in [6, 6.07) is 7.87. The Morgan fingerprint density at radius 1 is 1.13 bits per heavy atom. The standard InChI is InChI=1S/C23H28ClN5O2/c1-15-19(16(2)25-22-21(15)23(31-4)26-27(22)3)9-10-20(30)29-13-11-28(12-14-29)18-7-5-17(24)6-8-18/h5-8H,9-14H2,1-4H3. The lowest BCUT2D eigenvalue weighted by Crippen LogP contribution is -2.48. The number of carbonyl (C=O) groups is 1. The van der Waals surface area contributed by atoms with Crippen LogP contribution in [0.2, 0.25) is 5.02 Å². The Labute approximate surface area is 187 Å². The number of hydrogen-bond acceptors (Lipinski definition) is 5. The van der Waals surface area contributed by atoms with Gasteiger partial charge in [0.15, 0.2) is 5.65 Å². The maximum Gasteiger partial charge on any atom is 0.242 e. The minimum atomic E-state index is 0.188. The minimum Gasteiger partial charge on any atom is -0.479 e. The molecular weight excluding hydrogens is 414 g/mol. The number of piperazine rings is 1. The van der Waals surface area contributed by atoms with E-state index in [4.69, 9.17) is 21.3 Å². The van der Waals surface area contributed by atoms with Crippen LogP contribution in [0.3, 0.4) is 0 Å². The van der Waals surface area contributed by atoms with Crippen molar-refractivity contribution in [2.24, 2.45) is 7.05 Å². The van der Waals surface area contributed by atoms with Gasteiger partial charge in [-0.2, -0.15) is 0 Å². The van der Waals surface area contributed by atoms with Gasteiger partial charge in [-0.05, 0) is 55.7 Å². The molecule has 8 heteroatoms. The maximum absolute atomic E-state index is 12.9. The van der Waals surface area contributed by atoms with Gasteiger partial charge in [0.1, 0.15) is 0 Å². The van der Waals surface area contributed by atoms with Crippen LogP contribution in [0.25, 0.3) is 11.0 Å². The van der Waals surface area contributed by atoms with E-state index in [2.05, 4.69) is 16.9 Å². The third-order valence-corrected chi connectivity index (χ3v) is 6.38. The van der Waals surface area contributed by atoms with Crippen LogP contribution in [0.1, 0.15) is 23.2 Å². The van der Waals surface area contributed by atoms with E-state index in [1.165, 1.54) is 0 Å². The maximum atomic E-state index is 12.9. The number of rotatable bonds is 5. The Morgan fingerprint density at radius 3 is 2.45 bits per heavy atom. The normalized spacial score (nSPS) is 14.4. The number of benzene rings is 1.